The van der Waals surface area contributed by atoms with Gasteiger partial charge in [-0.25, -0.2) is 0 Å². The number of rotatable bonds is 3. The van der Waals surface area contributed by atoms with Crippen LogP contribution in [0.3, 0.4) is 0 Å². The zero-order valence-electron chi connectivity index (χ0n) is 10.5. The number of hydrogen-bond donors (Lipinski definition) is 1. The van der Waals surface area contributed by atoms with Crippen molar-refractivity contribution in [1.29, 1.82) is 0 Å². The number of carbonyl (C=O) groups excluding carboxylic acids is 1. The maximum Gasteiger partial charge on any atom is 0.255 e. The van der Waals surface area contributed by atoms with Crippen LogP contribution in [0.4, 0.5) is 0 Å². The lowest BCUT2D eigenvalue weighted by molar-refractivity contribution is 0.0473. The summed E-state index contributed by atoms with van der Waals surface area (Å²) in [6, 6.07) is 1.91. The highest BCUT2D eigenvalue weighted by Gasteiger charge is 2.28. The third kappa shape index (κ3) is 2.44. The van der Waals surface area contributed by atoms with Crippen molar-refractivity contribution in [2.75, 3.05) is 13.7 Å². The van der Waals surface area contributed by atoms with E-state index in [1.54, 1.807) is 23.3 Å². The van der Waals surface area contributed by atoms with Crippen molar-refractivity contribution in [3.05, 3.63) is 21.4 Å². The van der Waals surface area contributed by atoms with E-state index in [0.29, 0.717) is 0 Å². The Labute approximate surface area is 101 Å². The Bertz CT molecular complexity index is 396. The van der Waals surface area contributed by atoms with Crippen LogP contribution in [0.15, 0.2) is 6.07 Å². The quantitative estimate of drug-likeness (QED) is 0.881. The Morgan fingerprint density at radius 1 is 1.50 bits per heavy atom. The van der Waals surface area contributed by atoms with Crippen molar-refractivity contribution in [3.8, 4) is 0 Å². The molecule has 0 aliphatic heterocycles. The van der Waals surface area contributed by atoms with Crippen LogP contribution in [0.1, 0.15) is 34.0 Å². The topological polar surface area (TPSA) is 40.5 Å². The van der Waals surface area contributed by atoms with E-state index in [1.807, 2.05) is 33.8 Å². The molecule has 0 unspecified atom stereocenters. The Morgan fingerprint density at radius 3 is 2.44 bits per heavy atom. The standard InChI is InChI=1S/C12H19NO2S/c1-8-6-10(9(2)16-8)11(15)13(5)12(3,4)7-14/h6,14H,7H2,1-5H3. The van der Waals surface area contributed by atoms with Crippen molar-refractivity contribution >= 4 is 17.2 Å². The van der Waals surface area contributed by atoms with Crippen LogP contribution in [0.25, 0.3) is 0 Å². The highest BCUT2D eigenvalue weighted by Crippen LogP contribution is 2.24. The fourth-order valence-corrected chi connectivity index (χ4v) is 2.32. The molecule has 0 saturated carbocycles. The van der Waals surface area contributed by atoms with Gasteiger partial charge < -0.3 is 10.0 Å². The van der Waals surface area contributed by atoms with Crippen LogP contribution in [0, 0.1) is 13.8 Å². The third-order valence-electron chi connectivity index (χ3n) is 2.87. The molecule has 0 atom stereocenters. The van der Waals surface area contributed by atoms with Gasteiger partial charge in [-0.15, -0.1) is 11.3 Å². The Kier molecular flexibility index (Phi) is 3.76. The van der Waals surface area contributed by atoms with E-state index >= 15 is 0 Å². The fourth-order valence-electron chi connectivity index (χ4n) is 1.40. The Balaban J connectivity index is 2.99. The van der Waals surface area contributed by atoms with E-state index in [1.165, 1.54) is 0 Å². The molecule has 0 aliphatic rings. The van der Waals surface area contributed by atoms with Crippen LogP contribution in [-0.2, 0) is 0 Å². The zero-order chi connectivity index (χ0) is 12.5. The lowest BCUT2D eigenvalue weighted by Gasteiger charge is -2.33. The predicted molar refractivity (Wildman–Crippen MR) is 67.1 cm³/mol. The van der Waals surface area contributed by atoms with Crippen LogP contribution < -0.4 is 0 Å². The lowest BCUT2D eigenvalue weighted by atomic mass is 10.0. The maximum absolute atomic E-state index is 12.2. The normalized spacial score (nSPS) is 11.6. The average Bonchev–Trinajstić information content (AvgIpc) is 2.55. The number of likely N-dealkylation sites (N-methyl/N-ethyl adjacent to an activating group) is 1. The summed E-state index contributed by atoms with van der Waals surface area (Å²) >= 11 is 1.62. The molecular formula is C12H19NO2S. The summed E-state index contributed by atoms with van der Waals surface area (Å²) in [4.78, 5) is 16.0. The Morgan fingerprint density at radius 2 is 2.06 bits per heavy atom. The minimum Gasteiger partial charge on any atom is -0.394 e. The number of aryl methyl sites for hydroxylation is 2. The number of hydrogen-bond acceptors (Lipinski definition) is 3. The predicted octanol–water partition coefficient (Wildman–Crippen LogP) is 2.21. The van der Waals surface area contributed by atoms with Crippen LogP contribution >= 0.6 is 11.3 Å². The number of carbonyl (C=O) groups is 1. The minimum absolute atomic E-state index is 0.0269. The zero-order valence-corrected chi connectivity index (χ0v) is 11.3. The van der Waals surface area contributed by atoms with E-state index < -0.39 is 5.54 Å². The molecule has 1 heterocycles. The molecule has 0 aliphatic carbocycles. The van der Waals surface area contributed by atoms with Crippen molar-refractivity contribution < 1.29 is 9.90 Å². The molecule has 0 saturated heterocycles. The van der Waals surface area contributed by atoms with Gasteiger partial charge in [-0.1, -0.05) is 0 Å². The van der Waals surface area contributed by atoms with Gasteiger partial charge in [0, 0.05) is 16.8 Å². The van der Waals surface area contributed by atoms with E-state index in [2.05, 4.69) is 0 Å². The molecule has 0 aromatic carbocycles. The van der Waals surface area contributed by atoms with Crippen LogP contribution in [0.5, 0.6) is 0 Å². The van der Waals surface area contributed by atoms with Crippen molar-refractivity contribution in [2.24, 2.45) is 0 Å². The van der Waals surface area contributed by atoms with Gasteiger partial charge in [0.15, 0.2) is 0 Å². The summed E-state index contributed by atoms with van der Waals surface area (Å²) in [7, 11) is 1.73. The van der Waals surface area contributed by atoms with Gasteiger partial charge in [0.2, 0.25) is 0 Å². The van der Waals surface area contributed by atoms with Gasteiger partial charge in [-0.2, -0.15) is 0 Å². The second-order valence-electron chi connectivity index (χ2n) is 4.66. The summed E-state index contributed by atoms with van der Waals surface area (Å²) in [5.41, 5.74) is 0.214. The van der Waals surface area contributed by atoms with Crippen LogP contribution in [-0.4, -0.2) is 35.1 Å². The van der Waals surface area contributed by atoms with Crippen molar-refractivity contribution in [3.63, 3.8) is 0 Å². The molecule has 4 heteroatoms. The number of aliphatic hydroxyl groups excluding tert-OH is 1. The number of amides is 1. The Hall–Kier alpha value is -0.870. The van der Waals surface area contributed by atoms with Crippen molar-refractivity contribution in [1.82, 2.24) is 4.90 Å². The molecule has 0 bridgehead atoms. The molecule has 1 amide bonds. The molecule has 3 nitrogen and oxygen atoms in total. The van der Waals surface area contributed by atoms with E-state index in [0.717, 1.165) is 15.3 Å². The maximum atomic E-state index is 12.2. The monoisotopic (exact) mass is 241 g/mol. The van der Waals surface area contributed by atoms with Crippen LogP contribution in [0.2, 0.25) is 0 Å². The molecule has 0 fully saturated rings. The van der Waals surface area contributed by atoms with Crippen molar-refractivity contribution in [2.45, 2.75) is 33.2 Å². The first-order valence-corrected chi connectivity index (χ1v) is 6.07. The minimum atomic E-state index is -0.528. The number of aliphatic hydroxyl groups is 1. The van der Waals surface area contributed by atoms with Gasteiger partial charge in [0.25, 0.3) is 5.91 Å². The molecule has 1 rings (SSSR count). The van der Waals surface area contributed by atoms with Gasteiger partial charge >= 0.3 is 0 Å². The highest BCUT2D eigenvalue weighted by molar-refractivity contribution is 7.12. The molecule has 1 N–H and O–H groups in total. The van der Waals surface area contributed by atoms with E-state index in [4.69, 9.17) is 0 Å². The molecular weight excluding hydrogens is 222 g/mol. The number of thiophene rings is 1. The second kappa shape index (κ2) is 4.55. The lowest BCUT2D eigenvalue weighted by Crippen LogP contribution is -2.47. The summed E-state index contributed by atoms with van der Waals surface area (Å²) in [6.07, 6.45) is 0. The summed E-state index contributed by atoms with van der Waals surface area (Å²) in [5.74, 6) is -0.0269. The van der Waals surface area contributed by atoms with Gasteiger partial charge in [-0.3, -0.25) is 4.79 Å². The molecule has 16 heavy (non-hydrogen) atoms. The summed E-state index contributed by atoms with van der Waals surface area (Å²) in [5, 5.41) is 9.24. The first-order chi connectivity index (χ1) is 7.29. The molecule has 0 radical (unpaired) electrons. The van der Waals surface area contributed by atoms with Gasteiger partial charge in [0.1, 0.15) is 0 Å². The first-order valence-electron chi connectivity index (χ1n) is 5.25. The van der Waals surface area contributed by atoms with Gasteiger partial charge in [-0.05, 0) is 33.8 Å². The van der Waals surface area contributed by atoms with Gasteiger partial charge in [0.05, 0.1) is 17.7 Å². The largest absolute Gasteiger partial charge is 0.394 e. The number of nitrogens with zero attached hydrogens (tertiary/aromatic N) is 1. The summed E-state index contributed by atoms with van der Waals surface area (Å²) < 4.78 is 0. The third-order valence-corrected chi connectivity index (χ3v) is 3.84. The van der Waals surface area contributed by atoms with E-state index in [-0.39, 0.29) is 12.5 Å². The summed E-state index contributed by atoms with van der Waals surface area (Å²) in [6.45, 7) is 7.59. The molecule has 0 spiro atoms. The smallest absolute Gasteiger partial charge is 0.255 e. The molecule has 1 aromatic rings. The molecule has 1 aromatic heterocycles. The average molecular weight is 241 g/mol. The fraction of sp³-hybridized carbons (Fsp3) is 0.583. The SMILES string of the molecule is Cc1cc(C(=O)N(C)C(C)(C)CO)c(C)s1. The highest BCUT2D eigenvalue weighted by atomic mass is 32.1. The van der Waals surface area contributed by atoms with E-state index in [9.17, 15) is 9.90 Å². The second-order valence-corrected chi connectivity index (χ2v) is 6.12. The molecule has 90 valence electrons. The first kappa shape index (κ1) is 13.2.